The predicted octanol–water partition coefficient (Wildman–Crippen LogP) is 0.941. The zero-order chi connectivity index (χ0) is 7.40. The summed E-state index contributed by atoms with van der Waals surface area (Å²) in [6.07, 6.45) is 2.46. The highest BCUT2D eigenvalue weighted by Gasteiger charge is 2.08. The van der Waals surface area contributed by atoms with Crippen LogP contribution in [0.2, 0.25) is 0 Å². The summed E-state index contributed by atoms with van der Waals surface area (Å²) < 4.78 is 5.45. The molecule has 58 valence electrons. The molecule has 0 aromatic carbocycles. The molecule has 0 amide bonds. The Bertz CT molecular complexity index is 121. The van der Waals surface area contributed by atoms with Gasteiger partial charge in [-0.1, -0.05) is 11.6 Å². The third kappa shape index (κ3) is 2.50. The summed E-state index contributed by atoms with van der Waals surface area (Å²) in [5, 5.41) is 3.27. The first-order valence-electron chi connectivity index (χ1n) is 3.76. The van der Waals surface area contributed by atoms with Crippen molar-refractivity contribution in [3.63, 3.8) is 0 Å². The van der Waals surface area contributed by atoms with Gasteiger partial charge in [0, 0.05) is 13.1 Å². The van der Waals surface area contributed by atoms with Gasteiger partial charge in [0.25, 0.3) is 0 Å². The Morgan fingerprint density at radius 2 is 2.40 bits per heavy atom. The Balaban J connectivity index is 2.33. The van der Waals surface area contributed by atoms with Crippen LogP contribution in [0.15, 0.2) is 11.6 Å². The second-order valence-corrected chi connectivity index (χ2v) is 2.86. The van der Waals surface area contributed by atoms with Crippen LogP contribution < -0.4 is 5.32 Å². The molecule has 0 radical (unpaired) electrons. The van der Waals surface area contributed by atoms with Gasteiger partial charge in [0.15, 0.2) is 0 Å². The van der Waals surface area contributed by atoms with Crippen LogP contribution in [0.3, 0.4) is 0 Å². The van der Waals surface area contributed by atoms with Crippen molar-refractivity contribution in [1.29, 1.82) is 0 Å². The van der Waals surface area contributed by atoms with Gasteiger partial charge in [-0.25, -0.2) is 0 Å². The molecule has 2 heteroatoms. The maximum absolute atomic E-state index is 5.45. The first kappa shape index (κ1) is 7.76. The van der Waals surface area contributed by atoms with Gasteiger partial charge in [-0.05, 0) is 13.8 Å². The maximum atomic E-state index is 5.45. The highest BCUT2D eigenvalue weighted by molar-refractivity contribution is 4.99. The minimum Gasteiger partial charge on any atom is -0.371 e. The van der Waals surface area contributed by atoms with Crippen molar-refractivity contribution in [2.24, 2.45) is 0 Å². The lowest BCUT2D eigenvalue weighted by Crippen LogP contribution is -2.37. The molecule has 0 spiro atoms. The van der Waals surface area contributed by atoms with Crippen molar-refractivity contribution >= 4 is 0 Å². The van der Waals surface area contributed by atoms with E-state index in [9.17, 15) is 0 Å². The van der Waals surface area contributed by atoms with E-state index in [4.69, 9.17) is 4.74 Å². The summed E-state index contributed by atoms with van der Waals surface area (Å²) >= 11 is 0. The number of nitrogens with one attached hydrogen (secondary N) is 1. The monoisotopic (exact) mass is 141 g/mol. The Morgan fingerprint density at radius 1 is 1.60 bits per heavy atom. The van der Waals surface area contributed by atoms with Crippen LogP contribution in [-0.2, 0) is 4.74 Å². The van der Waals surface area contributed by atoms with Crippen molar-refractivity contribution < 1.29 is 4.74 Å². The fraction of sp³-hybridized carbons (Fsp3) is 0.750. The molecule has 1 fully saturated rings. The number of allylic oxidation sites excluding steroid dienone is 1. The summed E-state index contributed by atoms with van der Waals surface area (Å²) in [5.41, 5.74) is 1.33. The minimum atomic E-state index is 0.304. The van der Waals surface area contributed by atoms with E-state index in [-0.39, 0.29) is 0 Å². The van der Waals surface area contributed by atoms with Gasteiger partial charge in [-0.3, -0.25) is 0 Å². The van der Waals surface area contributed by atoms with Gasteiger partial charge in [0.05, 0.1) is 12.7 Å². The van der Waals surface area contributed by atoms with E-state index in [0.29, 0.717) is 6.10 Å². The molecule has 10 heavy (non-hydrogen) atoms. The van der Waals surface area contributed by atoms with E-state index >= 15 is 0 Å². The van der Waals surface area contributed by atoms with Gasteiger partial charge in [-0.15, -0.1) is 0 Å². The molecule has 1 aliphatic rings. The quantitative estimate of drug-likeness (QED) is 0.549. The Morgan fingerprint density at radius 3 is 2.90 bits per heavy atom. The SMILES string of the molecule is CC(C)=CC1CNCCO1. The Labute approximate surface area is 62.3 Å². The molecule has 1 rings (SSSR count). The normalized spacial score (nSPS) is 26.0. The van der Waals surface area contributed by atoms with Crippen LogP contribution in [0, 0.1) is 0 Å². The summed E-state index contributed by atoms with van der Waals surface area (Å²) in [4.78, 5) is 0. The van der Waals surface area contributed by atoms with Crippen LogP contribution in [0.25, 0.3) is 0 Å². The average Bonchev–Trinajstić information content (AvgIpc) is 1.88. The summed E-state index contributed by atoms with van der Waals surface area (Å²) in [5.74, 6) is 0. The lowest BCUT2D eigenvalue weighted by atomic mass is 10.2. The molecule has 0 saturated carbocycles. The Kier molecular flexibility index (Phi) is 2.90. The van der Waals surface area contributed by atoms with E-state index in [1.165, 1.54) is 5.57 Å². The molecule has 0 bridgehead atoms. The molecule has 1 saturated heterocycles. The second-order valence-electron chi connectivity index (χ2n) is 2.86. The van der Waals surface area contributed by atoms with E-state index in [1.54, 1.807) is 0 Å². The number of morpholine rings is 1. The molecule has 1 N–H and O–H groups in total. The zero-order valence-electron chi connectivity index (χ0n) is 6.68. The zero-order valence-corrected chi connectivity index (χ0v) is 6.68. The standard InChI is InChI=1S/C8H15NO/c1-7(2)5-8-6-9-3-4-10-8/h5,8-9H,3-4,6H2,1-2H3. The number of rotatable bonds is 1. The average molecular weight is 141 g/mol. The molecule has 1 unspecified atom stereocenters. The van der Waals surface area contributed by atoms with Crippen molar-refractivity contribution in [1.82, 2.24) is 5.32 Å². The summed E-state index contributed by atoms with van der Waals surface area (Å²) in [7, 11) is 0. The molecular formula is C8H15NO. The van der Waals surface area contributed by atoms with Gasteiger partial charge in [0.2, 0.25) is 0 Å². The topological polar surface area (TPSA) is 21.3 Å². The lowest BCUT2D eigenvalue weighted by Gasteiger charge is -2.20. The number of hydrogen-bond donors (Lipinski definition) is 1. The van der Waals surface area contributed by atoms with Gasteiger partial charge < -0.3 is 10.1 Å². The number of ether oxygens (including phenoxy) is 1. The molecular weight excluding hydrogens is 126 g/mol. The van der Waals surface area contributed by atoms with Crippen molar-refractivity contribution in [3.05, 3.63) is 11.6 Å². The lowest BCUT2D eigenvalue weighted by molar-refractivity contribution is 0.0587. The number of hydrogen-bond acceptors (Lipinski definition) is 2. The molecule has 0 aliphatic carbocycles. The third-order valence-electron chi connectivity index (χ3n) is 1.48. The third-order valence-corrected chi connectivity index (χ3v) is 1.48. The fourth-order valence-electron chi connectivity index (χ4n) is 1.06. The van der Waals surface area contributed by atoms with Crippen molar-refractivity contribution in [3.8, 4) is 0 Å². The molecule has 0 aromatic heterocycles. The second kappa shape index (κ2) is 3.74. The minimum absolute atomic E-state index is 0.304. The van der Waals surface area contributed by atoms with E-state index < -0.39 is 0 Å². The maximum Gasteiger partial charge on any atom is 0.0883 e. The van der Waals surface area contributed by atoms with E-state index in [2.05, 4.69) is 25.2 Å². The highest BCUT2D eigenvalue weighted by Crippen LogP contribution is 2.00. The fourth-order valence-corrected chi connectivity index (χ4v) is 1.06. The van der Waals surface area contributed by atoms with Crippen LogP contribution in [0.5, 0.6) is 0 Å². The van der Waals surface area contributed by atoms with E-state index in [1.807, 2.05) is 0 Å². The smallest absolute Gasteiger partial charge is 0.0883 e. The molecule has 1 heterocycles. The first-order chi connectivity index (χ1) is 4.79. The van der Waals surface area contributed by atoms with E-state index in [0.717, 1.165) is 19.7 Å². The van der Waals surface area contributed by atoms with Gasteiger partial charge >= 0.3 is 0 Å². The highest BCUT2D eigenvalue weighted by atomic mass is 16.5. The summed E-state index contributed by atoms with van der Waals surface area (Å²) in [6, 6.07) is 0. The predicted molar refractivity (Wildman–Crippen MR) is 42.0 cm³/mol. The Hall–Kier alpha value is -0.340. The summed E-state index contributed by atoms with van der Waals surface area (Å²) in [6.45, 7) is 6.99. The first-order valence-corrected chi connectivity index (χ1v) is 3.76. The molecule has 1 atom stereocenters. The largest absolute Gasteiger partial charge is 0.371 e. The van der Waals surface area contributed by atoms with Gasteiger partial charge in [0.1, 0.15) is 0 Å². The van der Waals surface area contributed by atoms with Crippen molar-refractivity contribution in [2.75, 3.05) is 19.7 Å². The molecule has 0 aromatic rings. The molecule has 1 aliphatic heterocycles. The van der Waals surface area contributed by atoms with Crippen LogP contribution in [0.1, 0.15) is 13.8 Å². The van der Waals surface area contributed by atoms with Crippen molar-refractivity contribution in [2.45, 2.75) is 20.0 Å². The van der Waals surface area contributed by atoms with Gasteiger partial charge in [-0.2, -0.15) is 0 Å². The molecule has 2 nitrogen and oxygen atoms in total. The van der Waals surface area contributed by atoms with Crippen LogP contribution in [-0.4, -0.2) is 25.8 Å². The van der Waals surface area contributed by atoms with Crippen LogP contribution in [0.4, 0.5) is 0 Å². The van der Waals surface area contributed by atoms with Crippen LogP contribution >= 0.6 is 0 Å².